The van der Waals surface area contributed by atoms with Gasteiger partial charge in [0.05, 0.1) is 11.0 Å². The number of anilines is 1. The third-order valence-corrected chi connectivity index (χ3v) is 5.19. The third-order valence-electron chi connectivity index (χ3n) is 5.19. The van der Waals surface area contributed by atoms with Gasteiger partial charge in [0.15, 0.2) is 0 Å². The largest absolute Gasteiger partial charge is 0.322 e. The van der Waals surface area contributed by atoms with Gasteiger partial charge in [-0.25, -0.2) is 9.78 Å². The van der Waals surface area contributed by atoms with Crippen molar-refractivity contribution in [1.29, 1.82) is 0 Å². The van der Waals surface area contributed by atoms with Gasteiger partial charge in [-0.3, -0.25) is 20.2 Å². The van der Waals surface area contributed by atoms with E-state index in [0.29, 0.717) is 23.6 Å². The van der Waals surface area contributed by atoms with E-state index >= 15 is 0 Å². The maximum atomic E-state index is 12.9. The van der Waals surface area contributed by atoms with Gasteiger partial charge in [-0.15, -0.1) is 0 Å². The van der Waals surface area contributed by atoms with Crippen molar-refractivity contribution in [3.05, 3.63) is 59.2 Å². The van der Waals surface area contributed by atoms with Gasteiger partial charge in [0.2, 0.25) is 5.95 Å². The van der Waals surface area contributed by atoms with E-state index in [1.165, 1.54) is 0 Å². The number of aromatic nitrogens is 2. The topological polar surface area (TPSA) is 105 Å². The van der Waals surface area contributed by atoms with Gasteiger partial charge in [-0.2, -0.15) is 0 Å². The number of hydrogen-bond donors (Lipinski definition) is 3. The first kappa shape index (κ1) is 18.7. The lowest BCUT2D eigenvalue weighted by atomic mass is 9.91. The van der Waals surface area contributed by atoms with Crippen LogP contribution in [-0.4, -0.2) is 27.4 Å². The van der Waals surface area contributed by atoms with Crippen molar-refractivity contribution in [3.63, 3.8) is 0 Å². The number of imide groups is 1. The quantitative estimate of drug-likeness (QED) is 0.595. The summed E-state index contributed by atoms with van der Waals surface area (Å²) in [6.07, 6.45) is 0. The second-order valence-corrected chi connectivity index (χ2v) is 7.24. The maximum Gasteiger partial charge on any atom is 0.322 e. The van der Waals surface area contributed by atoms with Gasteiger partial charge in [-0.05, 0) is 56.2 Å². The summed E-state index contributed by atoms with van der Waals surface area (Å²) in [5.41, 5.74) is 2.51. The number of benzene rings is 2. The monoisotopic (exact) mass is 391 g/mol. The summed E-state index contributed by atoms with van der Waals surface area (Å²) < 4.78 is 1.93. The highest BCUT2D eigenvalue weighted by Gasteiger charge is 2.43. The molecule has 1 aromatic heterocycles. The summed E-state index contributed by atoms with van der Waals surface area (Å²) in [5.74, 6) is -0.341. The molecule has 2 aromatic carbocycles. The number of hydrogen-bond acceptors (Lipinski definition) is 4. The van der Waals surface area contributed by atoms with Gasteiger partial charge >= 0.3 is 6.03 Å². The Kier molecular flexibility index (Phi) is 4.34. The van der Waals surface area contributed by atoms with Crippen LogP contribution >= 0.6 is 0 Å². The molecule has 4 rings (SSSR count). The minimum absolute atomic E-state index is 0.345. The molecule has 8 heteroatoms. The van der Waals surface area contributed by atoms with Crippen molar-refractivity contribution in [2.24, 2.45) is 0 Å². The first-order chi connectivity index (χ1) is 13.8. The molecule has 0 bridgehead atoms. The summed E-state index contributed by atoms with van der Waals surface area (Å²) in [7, 11) is 0. The highest BCUT2D eigenvalue weighted by Crippen LogP contribution is 2.26. The zero-order chi connectivity index (χ0) is 20.8. The molecule has 2 heterocycles. The van der Waals surface area contributed by atoms with Crippen molar-refractivity contribution < 1.29 is 14.4 Å². The number of rotatable bonds is 4. The first-order valence-electron chi connectivity index (χ1n) is 9.34. The second-order valence-electron chi connectivity index (χ2n) is 7.24. The molecule has 1 atom stereocenters. The van der Waals surface area contributed by atoms with Gasteiger partial charge in [0, 0.05) is 12.1 Å². The third kappa shape index (κ3) is 3.12. The highest BCUT2D eigenvalue weighted by molar-refractivity contribution is 6.08. The van der Waals surface area contributed by atoms with E-state index in [9.17, 15) is 14.4 Å². The van der Waals surface area contributed by atoms with Crippen LogP contribution in [0.5, 0.6) is 0 Å². The average Bonchev–Trinajstić information content (AvgIpc) is 3.16. The van der Waals surface area contributed by atoms with Crippen molar-refractivity contribution in [2.75, 3.05) is 5.32 Å². The van der Waals surface area contributed by atoms with Gasteiger partial charge in [-0.1, -0.05) is 18.2 Å². The van der Waals surface area contributed by atoms with Gasteiger partial charge < -0.3 is 9.88 Å². The Hall–Kier alpha value is -3.68. The number of amides is 4. The number of carbonyl (C=O) groups excluding carboxylic acids is 3. The summed E-state index contributed by atoms with van der Waals surface area (Å²) >= 11 is 0. The molecule has 0 aliphatic carbocycles. The minimum atomic E-state index is -1.22. The summed E-state index contributed by atoms with van der Waals surface area (Å²) in [6.45, 7) is 6.23. The highest BCUT2D eigenvalue weighted by atomic mass is 16.2. The minimum Gasteiger partial charge on any atom is -0.320 e. The predicted octanol–water partition coefficient (Wildman–Crippen LogP) is 2.67. The zero-order valence-electron chi connectivity index (χ0n) is 16.4. The molecule has 148 valence electrons. The van der Waals surface area contributed by atoms with Crippen LogP contribution in [0.2, 0.25) is 0 Å². The number of imidazole rings is 1. The lowest BCUT2D eigenvalue weighted by molar-refractivity contribution is -0.123. The van der Waals surface area contributed by atoms with Gasteiger partial charge in [0.25, 0.3) is 11.8 Å². The SMILES string of the molecule is CCn1c(NC(=O)c2cccc(C3(C)NC(=O)NC3=O)c2)nc2cc(C)ccc21. The normalized spacial score (nSPS) is 18.6. The molecule has 1 unspecified atom stereocenters. The standard InChI is InChI=1S/C21H21N5O3/c1-4-26-16-9-8-12(2)10-15(16)22-19(26)23-17(27)13-6-5-7-14(11-13)21(3)18(28)24-20(29)25-21/h5-11H,4H2,1-3H3,(H,22,23,27)(H2,24,25,28,29). The maximum absolute atomic E-state index is 12.9. The summed E-state index contributed by atoms with van der Waals surface area (Å²) in [5, 5.41) is 7.69. The van der Waals surface area contributed by atoms with Crippen molar-refractivity contribution in [2.45, 2.75) is 32.9 Å². The van der Waals surface area contributed by atoms with Crippen molar-refractivity contribution in [1.82, 2.24) is 20.2 Å². The first-order valence-corrected chi connectivity index (χ1v) is 9.34. The van der Waals surface area contributed by atoms with Gasteiger partial charge in [0.1, 0.15) is 5.54 Å². The second kappa shape index (κ2) is 6.73. The predicted molar refractivity (Wildman–Crippen MR) is 109 cm³/mol. The average molecular weight is 391 g/mol. The fourth-order valence-electron chi connectivity index (χ4n) is 3.55. The molecule has 0 radical (unpaired) electrons. The molecule has 1 fully saturated rings. The molecule has 0 saturated carbocycles. The number of nitrogens with one attached hydrogen (secondary N) is 3. The van der Waals surface area contributed by atoms with E-state index in [2.05, 4.69) is 20.9 Å². The Labute approximate surface area is 167 Å². The van der Waals surface area contributed by atoms with Crippen molar-refractivity contribution in [3.8, 4) is 0 Å². The van der Waals surface area contributed by atoms with E-state index in [0.717, 1.165) is 16.6 Å². The lowest BCUT2D eigenvalue weighted by Crippen LogP contribution is -2.40. The molecule has 1 aliphatic heterocycles. The molecule has 1 aliphatic rings. The zero-order valence-corrected chi connectivity index (χ0v) is 16.4. The van der Waals surface area contributed by atoms with Crippen LogP contribution < -0.4 is 16.0 Å². The number of nitrogens with zero attached hydrogens (tertiary/aromatic N) is 2. The Morgan fingerprint density at radius 3 is 2.69 bits per heavy atom. The molecular weight excluding hydrogens is 370 g/mol. The number of carbonyl (C=O) groups is 3. The van der Waals surface area contributed by atoms with Crippen LogP contribution in [0.3, 0.4) is 0 Å². The van der Waals surface area contributed by atoms with Crippen LogP contribution in [0, 0.1) is 6.92 Å². The van der Waals surface area contributed by atoms with E-state index < -0.39 is 17.5 Å². The number of fused-ring (bicyclic) bond motifs is 1. The molecule has 4 amide bonds. The Bertz CT molecular complexity index is 1170. The van der Waals surface area contributed by atoms with E-state index in [1.807, 2.05) is 36.6 Å². The molecule has 1 saturated heterocycles. The van der Waals surface area contributed by atoms with Crippen LogP contribution in [0.4, 0.5) is 10.7 Å². The number of urea groups is 1. The van der Waals surface area contributed by atoms with Crippen LogP contribution in [0.15, 0.2) is 42.5 Å². The molecular formula is C21H21N5O3. The molecule has 29 heavy (non-hydrogen) atoms. The van der Waals surface area contributed by atoms with Crippen LogP contribution in [0.1, 0.15) is 35.3 Å². The number of aryl methyl sites for hydroxylation is 2. The Morgan fingerprint density at radius 1 is 1.21 bits per heavy atom. The molecule has 3 aromatic rings. The lowest BCUT2D eigenvalue weighted by Gasteiger charge is -2.21. The van der Waals surface area contributed by atoms with E-state index in [-0.39, 0.29) is 5.91 Å². The summed E-state index contributed by atoms with van der Waals surface area (Å²) in [6, 6.07) is 12.0. The smallest absolute Gasteiger partial charge is 0.320 e. The molecule has 8 nitrogen and oxygen atoms in total. The Morgan fingerprint density at radius 2 is 2.00 bits per heavy atom. The van der Waals surface area contributed by atoms with Crippen LogP contribution in [0.25, 0.3) is 11.0 Å². The fraction of sp³-hybridized carbons (Fsp3) is 0.238. The Balaban J connectivity index is 1.66. The van der Waals surface area contributed by atoms with Crippen LogP contribution in [-0.2, 0) is 16.9 Å². The van der Waals surface area contributed by atoms with Crippen molar-refractivity contribution >= 4 is 34.8 Å². The fourth-order valence-corrected chi connectivity index (χ4v) is 3.55. The van der Waals surface area contributed by atoms with E-state index in [1.54, 1.807) is 31.2 Å². The summed E-state index contributed by atoms with van der Waals surface area (Å²) in [4.78, 5) is 41.2. The molecule has 3 N–H and O–H groups in total. The molecule has 0 spiro atoms. The van der Waals surface area contributed by atoms with E-state index in [4.69, 9.17) is 0 Å².